The summed E-state index contributed by atoms with van der Waals surface area (Å²) < 4.78 is 47.7. The molecule has 0 aromatic heterocycles. The van der Waals surface area contributed by atoms with Gasteiger partial charge in [-0.05, 0) is 24.3 Å². The number of carbonyl (C=O) groups excluding carboxylic acids is 2. The van der Waals surface area contributed by atoms with Gasteiger partial charge in [-0.3, -0.25) is 9.59 Å². The van der Waals surface area contributed by atoms with Gasteiger partial charge in [0, 0.05) is 0 Å². The highest BCUT2D eigenvalue weighted by Crippen LogP contribution is 2.11. The summed E-state index contributed by atoms with van der Waals surface area (Å²) in [5.41, 5.74) is 0. The summed E-state index contributed by atoms with van der Waals surface area (Å²) in [6, 6.07) is 2.55. The van der Waals surface area contributed by atoms with Gasteiger partial charge in [0.1, 0.15) is 11.9 Å². The first-order valence-electron chi connectivity index (χ1n) is 5.72. The second-order valence-electron chi connectivity index (χ2n) is 3.93. The number of methoxy groups -OCH3 is 2. The molecule has 1 aromatic rings. The van der Waals surface area contributed by atoms with Gasteiger partial charge in [-0.1, -0.05) is 0 Å². The Morgan fingerprint density at radius 2 is 1.76 bits per heavy atom. The van der Waals surface area contributed by atoms with E-state index in [1.165, 1.54) is 0 Å². The molecule has 1 N–H and O–H groups in total. The molecule has 0 aliphatic heterocycles. The molecule has 1 atom stereocenters. The van der Waals surface area contributed by atoms with Gasteiger partial charge in [0.05, 0.1) is 25.5 Å². The predicted molar refractivity (Wildman–Crippen MR) is 69.2 cm³/mol. The highest BCUT2D eigenvalue weighted by Gasteiger charge is 2.29. The average Bonchev–Trinajstić information content (AvgIpc) is 2.45. The van der Waals surface area contributed by atoms with Crippen LogP contribution in [0.2, 0.25) is 0 Å². The van der Waals surface area contributed by atoms with Crippen LogP contribution < -0.4 is 4.72 Å². The fourth-order valence-corrected chi connectivity index (χ4v) is 2.62. The van der Waals surface area contributed by atoms with Gasteiger partial charge in [-0.25, -0.2) is 12.8 Å². The summed E-state index contributed by atoms with van der Waals surface area (Å²) in [6.07, 6.45) is -0.524. The van der Waals surface area contributed by atoms with Crippen LogP contribution in [0.4, 0.5) is 4.39 Å². The molecule has 116 valence electrons. The molecule has 1 rings (SSSR count). The van der Waals surface area contributed by atoms with Crippen molar-refractivity contribution in [3.05, 3.63) is 30.1 Å². The normalized spacial score (nSPS) is 12.5. The van der Waals surface area contributed by atoms with Gasteiger partial charge in [0.2, 0.25) is 10.0 Å². The third kappa shape index (κ3) is 4.80. The summed E-state index contributed by atoms with van der Waals surface area (Å²) in [4.78, 5) is 22.5. The number of esters is 2. The molecule has 0 aliphatic rings. The molecule has 7 nitrogen and oxygen atoms in total. The molecular weight excluding hydrogens is 305 g/mol. The number of sulfonamides is 1. The second kappa shape index (κ2) is 7.14. The van der Waals surface area contributed by atoms with E-state index in [0.717, 1.165) is 38.5 Å². The van der Waals surface area contributed by atoms with Gasteiger partial charge in [0.15, 0.2) is 0 Å². The zero-order valence-corrected chi connectivity index (χ0v) is 12.1. The standard InChI is InChI=1S/C12H14FNO6S/c1-19-11(15)7-10(12(16)20-2)14-21(17,18)9-5-3-8(13)4-6-9/h3-6,10,14H,7H2,1-2H3/t10-/m0/s1. The van der Waals surface area contributed by atoms with Crippen molar-refractivity contribution in [1.29, 1.82) is 0 Å². The quantitative estimate of drug-likeness (QED) is 0.753. The van der Waals surface area contributed by atoms with Crippen LogP contribution in [0.15, 0.2) is 29.2 Å². The Balaban J connectivity index is 2.98. The molecule has 0 fully saturated rings. The minimum Gasteiger partial charge on any atom is -0.469 e. The molecule has 0 bridgehead atoms. The van der Waals surface area contributed by atoms with E-state index >= 15 is 0 Å². The highest BCUT2D eigenvalue weighted by molar-refractivity contribution is 7.89. The molecule has 0 aliphatic carbocycles. The van der Waals surface area contributed by atoms with E-state index in [1.54, 1.807) is 0 Å². The lowest BCUT2D eigenvalue weighted by atomic mass is 10.2. The largest absolute Gasteiger partial charge is 0.469 e. The van der Waals surface area contributed by atoms with Crippen molar-refractivity contribution in [2.75, 3.05) is 14.2 Å². The molecule has 0 unspecified atom stereocenters. The first-order chi connectivity index (χ1) is 9.80. The maximum atomic E-state index is 12.8. The van der Waals surface area contributed by atoms with Crippen molar-refractivity contribution in [3.63, 3.8) is 0 Å². The Morgan fingerprint density at radius 3 is 2.24 bits per heavy atom. The van der Waals surface area contributed by atoms with E-state index in [9.17, 15) is 22.4 Å². The summed E-state index contributed by atoms with van der Waals surface area (Å²) in [7, 11) is -1.95. The number of ether oxygens (including phenoxy) is 2. The summed E-state index contributed by atoms with van der Waals surface area (Å²) >= 11 is 0. The number of carbonyl (C=O) groups is 2. The van der Waals surface area contributed by atoms with Crippen LogP contribution in [-0.4, -0.2) is 40.6 Å². The van der Waals surface area contributed by atoms with Crippen LogP contribution in [0.1, 0.15) is 6.42 Å². The lowest BCUT2D eigenvalue weighted by Gasteiger charge is -2.15. The van der Waals surface area contributed by atoms with Gasteiger partial charge >= 0.3 is 11.9 Å². The van der Waals surface area contributed by atoms with Crippen molar-refractivity contribution in [1.82, 2.24) is 4.72 Å². The number of hydrogen-bond acceptors (Lipinski definition) is 6. The molecule has 0 amide bonds. The highest BCUT2D eigenvalue weighted by atomic mass is 32.2. The summed E-state index contributed by atoms with van der Waals surface area (Å²) in [5.74, 6) is -2.33. The first-order valence-corrected chi connectivity index (χ1v) is 7.21. The van der Waals surface area contributed by atoms with Crippen LogP contribution in [0.3, 0.4) is 0 Å². The SMILES string of the molecule is COC(=O)C[C@H](NS(=O)(=O)c1ccc(F)cc1)C(=O)OC. The number of hydrogen-bond donors (Lipinski definition) is 1. The summed E-state index contributed by atoms with van der Waals surface area (Å²) in [6.45, 7) is 0. The molecule has 0 saturated heterocycles. The van der Waals surface area contributed by atoms with E-state index in [2.05, 4.69) is 9.47 Å². The molecular formula is C12H14FNO6S. The number of halogens is 1. The molecule has 0 radical (unpaired) electrons. The van der Waals surface area contributed by atoms with Crippen molar-refractivity contribution >= 4 is 22.0 Å². The Hall–Kier alpha value is -2.00. The lowest BCUT2D eigenvalue weighted by Crippen LogP contribution is -2.43. The van der Waals surface area contributed by atoms with Crippen molar-refractivity contribution in [2.24, 2.45) is 0 Å². The number of rotatable bonds is 6. The third-order valence-corrected chi connectivity index (χ3v) is 3.99. The van der Waals surface area contributed by atoms with E-state index in [1.807, 2.05) is 4.72 Å². The Morgan fingerprint density at radius 1 is 1.19 bits per heavy atom. The predicted octanol–water partition coefficient (Wildman–Crippen LogP) is 0.209. The third-order valence-electron chi connectivity index (χ3n) is 2.51. The summed E-state index contributed by atoms with van der Waals surface area (Å²) in [5, 5.41) is 0. The van der Waals surface area contributed by atoms with Crippen LogP contribution in [-0.2, 0) is 29.1 Å². The number of benzene rings is 1. The fourth-order valence-electron chi connectivity index (χ4n) is 1.43. The zero-order chi connectivity index (χ0) is 16.0. The maximum Gasteiger partial charge on any atom is 0.324 e. The Bertz CT molecular complexity index is 613. The molecule has 0 spiro atoms. The van der Waals surface area contributed by atoms with Crippen LogP contribution in [0, 0.1) is 5.82 Å². The van der Waals surface area contributed by atoms with Crippen molar-refractivity contribution < 1.29 is 31.9 Å². The van der Waals surface area contributed by atoms with E-state index in [4.69, 9.17) is 0 Å². The van der Waals surface area contributed by atoms with Crippen LogP contribution >= 0.6 is 0 Å². The van der Waals surface area contributed by atoms with Crippen molar-refractivity contribution in [3.8, 4) is 0 Å². The molecule has 21 heavy (non-hydrogen) atoms. The first kappa shape index (κ1) is 17.1. The average molecular weight is 319 g/mol. The molecule has 9 heteroatoms. The van der Waals surface area contributed by atoms with E-state index in [0.29, 0.717) is 0 Å². The van der Waals surface area contributed by atoms with Crippen LogP contribution in [0.5, 0.6) is 0 Å². The van der Waals surface area contributed by atoms with E-state index in [-0.39, 0.29) is 4.90 Å². The Kier molecular flexibility index (Phi) is 5.79. The van der Waals surface area contributed by atoms with Gasteiger partial charge in [-0.15, -0.1) is 0 Å². The molecule has 0 saturated carbocycles. The van der Waals surface area contributed by atoms with Gasteiger partial charge in [0.25, 0.3) is 0 Å². The minimum atomic E-state index is -4.11. The molecule has 0 heterocycles. The van der Waals surface area contributed by atoms with Crippen LogP contribution in [0.25, 0.3) is 0 Å². The Labute approximate surface area is 121 Å². The van der Waals surface area contributed by atoms with E-state index < -0.39 is 40.2 Å². The molecule has 1 aromatic carbocycles. The number of nitrogens with one attached hydrogen (secondary N) is 1. The van der Waals surface area contributed by atoms with Gasteiger partial charge in [-0.2, -0.15) is 4.72 Å². The minimum absolute atomic E-state index is 0.248. The maximum absolute atomic E-state index is 12.8. The fraction of sp³-hybridized carbons (Fsp3) is 0.333. The van der Waals surface area contributed by atoms with Gasteiger partial charge < -0.3 is 9.47 Å². The zero-order valence-electron chi connectivity index (χ0n) is 11.3. The monoisotopic (exact) mass is 319 g/mol. The topological polar surface area (TPSA) is 98.8 Å². The van der Waals surface area contributed by atoms with Crippen molar-refractivity contribution in [2.45, 2.75) is 17.4 Å². The second-order valence-corrected chi connectivity index (χ2v) is 5.65. The lowest BCUT2D eigenvalue weighted by molar-refractivity contribution is -0.149. The smallest absolute Gasteiger partial charge is 0.324 e.